The van der Waals surface area contributed by atoms with Crippen molar-refractivity contribution < 1.29 is 38.1 Å². The maximum atomic E-state index is 13.9. The molecule has 0 aromatic carbocycles. The van der Waals surface area contributed by atoms with Crippen molar-refractivity contribution >= 4 is 17.7 Å². The predicted molar refractivity (Wildman–Crippen MR) is 132 cm³/mol. The number of furan rings is 1. The van der Waals surface area contributed by atoms with Crippen molar-refractivity contribution in [3.05, 3.63) is 47.5 Å². The number of ether oxygens (including phenoxy) is 3. The van der Waals surface area contributed by atoms with Crippen LogP contribution in [-0.2, 0) is 28.6 Å². The van der Waals surface area contributed by atoms with Crippen LogP contribution in [0.5, 0.6) is 0 Å². The fourth-order valence-corrected chi connectivity index (χ4v) is 8.42. The van der Waals surface area contributed by atoms with E-state index in [1.54, 1.807) is 18.6 Å². The Morgan fingerprint density at radius 2 is 1.95 bits per heavy atom. The fourth-order valence-electron chi connectivity index (χ4n) is 8.42. The summed E-state index contributed by atoms with van der Waals surface area (Å²) in [4.78, 5) is 39.2. The highest BCUT2D eigenvalue weighted by molar-refractivity contribution is 5.97. The number of aliphatic hydroxyl groups is 1. The molecule has 2 heterocycles. The Hall–Kier alpha value is -2.71. The van der Waals surface area contributed by atoms with Crippen LogP contribution in [0.3, 0.4) is 0 Å². The number of rotatable bonds is 5. The van der Waals surface area contributed by atoms with E-state index in [0.717, 1.165) is 16.7 Å². The Labute approximate surface area is 217 Å². The van der Waals surface area contributed by atoms with Crippen LogP contribution in [0.15, 0.2) is 46.3 Å². The van der Waals surface area contributed by atoms with Crippen molar-refractivity contribution in [2.24, 2.45) is 28.1 Å². The number of allylic oxidation sites excluding steroid dienone is 2. The van der Waals surface area contributed by atoms with Crippen LogP contribution in [0, 0.1) is 28.1 Å². The van der Waals surface area contributed by atoms with Crippen LogP contribution >= 0.6 is 0 Å². The highest BCUT2D eigenvalue weighted by Gasteiger charge is 2.74. The monoisotopic (exact) mass is 512 g/mol. The third-order valence-electron chi connectivity index (χ3n) is 9.97. The molecule has 4 aliphatic rings. The molecule has 1 aliphatic heterocycles. The maximum Gasteiger partial charge on any atom is 0.305 e. The van der Waals surface area contributed by atoms with E-state index in [2.05, 4.69) is 6.92 Å². The zero-order valence-corrected chi connectivity index (χ0v) is 22.3. The summed E-state index contributed by atoms with van der Waals surface area (Å²) in [5, 5.41) is 10.6. The van der Waals surface area contributed by atoms with Gasteiger partial charge in [0.05, 0.1) is 38.8 Å². The second kappa shape index (κ2) is 8.67. The Morgan fingerprint density at radius 3 is 2.54 bits per heavy atom. The van der Waals surface area contributed by atoms with Gasteiger partial charge in [0.25, 0.3) is 0 Å². The second-order valence-electron chi connectivity index (χ2n) is 11.8. The number of carbonyl (C=O) groups excluding carboxylic acids is 3. The van der Waals surface area contributed by atoms with Gasteiger partial charge in [-0.25, -0.2) is 0 Å². The molecule has 1 aromatic rings. The summed E-state index contributed by atoms with van der Waals surface area (Å²) < 4.78 is 23.3. The molecule has 37 heavy (non-hydrogen) atoms. The first-order chi connectivity index (χ1) is 17.4. The fraction of sp³-hybridized carbons (Fsp3) is 0.621. The van der Waals surface area contributed by atoms with Crippen LogP contribution < -0.4 is 0 Å². The second-order valence-corrected chi connectivity index (χ2v) is 11.8. The molecule has 200 valence electrons. The van der Waals surface area contributed by atoms with E-state index in [1.165, 1.54) is 20.1 Å². The van der Waals surface area contributed by atoms with Gasteiger partial charge >= 0.3 is 11.9 Å². The van der Waals surface area contributed by atoms with Gasteiger partial charge in [0.2, 0.25) is 0 Å². The first-order valence-corrected chi connectivity index (χ1v) is 12.9. The molecule has 0 unspecified atom stereocenters. The van der Waals surface area contributed by atoms with Crippen LogP contribution in [0.4, 0.5) is 0 Å². The zero-order valence-electron chi connectivity index (χ0n) is 22.3. The number of carbonyl (C=O) groups is 3. The Morgan fingerprint density at radius 1 is 1.22 bits per heavy atom. The molecule has 0 radical (unpaired) electrons. The molecule has 0 bridgehead atoms. The Kier molecular flexibility index (Phi) is 6.07. The number of esters is 2. The molecular formula is C29H36O8. The molecule has 1 N–H and O–H groups in total. The Balaban J connectivity index is 1.76. The van der Waals surface area contributed by atoms with Crippen LogP contribution in [0.2, 0.25) is 0 Å². The molecule has 0 amide bonds. The lowest BCUT2D eigenvalue weighted by Gasteiger charge is -2.62. The first-order valence-electron chi connectivity index (χ1n) is 12.9. The molecular weight excluding hydrogens is 476 g/mol. The van der Waals surface area contributed by atoms with Gasteiger partial charge in [-0.2, -0.15) is 0 Å². The summed E-state index contributed by atoms with van der Waals surface area (Å²) in [5.74, 6) is -2.10. The highest BCUT2D eigenvalue weighted by atomic mass is 16.6. The number of fused-ring (bicyclic) bond motifs is 4. The molecule has 1 saturated carbocycles. The van der Waals surface area contributed by atoms with E-state index in [4.69, 9.17) is 18.6 Å². The highest BCUT2D eigenvalue weighted by Crippen LogP contribution is 2.70. The minimum atomic E-state index is -1.13. The molecule has 9 atom stereocenters. The van der Waals surface area contributed by atoms with Gasteiger partial charge in [0, 0.05) is 35.0 Å². The van der Waals surface area contributed by atoms with E-state index in [9.17, 15) is 19.5 Å². The minimum Gasteiger partial charge on any atom is -0.472 e. The third-order valence-corrected chi connectivity index (χ3v) is 9.97. The molecule has 5 rings (SSSR count). The number of aliphatic hydroxyl groups excluding tert-OH is 1. The SMILES string of the molecule is COC(=O)C[C@H]1[C@]2(C)C3=C(C)[C@H](c4ccoc4)C[C@H]3O[C@@H]2[C@H](OC(C)=O)[C@H]2[C@]1(C)C(=O)C=C[C@@]2(C)CO. The van der Waals surface area contributed by atoms with Crippen molar-refractivity contribution in [2.75, 3.05) is 13.7 Å². The van der Waals surface area contributed by atoms with E-state index in [0.29, 0.717) is 6.42 Å². The topological polar surface area (TPSA) is 112 Å². The average molecular weight is 513 g/mol. The summed E-state index contributed by atoms with van der Waals surface area (Å²) >= 11 is 0. The third kappa shape index (κ3) is 3.44. The largest absolute Gasteiger partial charge is 0.472 e. The molecule has 2 fully saturated rings. The molecule has 0 spiro atoms. The standard InChI is InChI=1S/C29H36O8/c1-15-18(17-8-10-35-13-17)11-19-23(15)29(5)20(12-22(33)34-6)28(4)21(32)7-9-27(3,14-30)25(28)24(26(29)37-19)36-16(2)31/h7-10,13,18-20,24-26,30H,11-12,14H2,1-6H3/t18-,19-,20-,24-,25-,26-,27+,28+,29-/m1/s1. The molecule has 3 aliphatic carbocycles. The van der Waals surface area contributed by atoms with E-state index >= 15 is 0 Å². The van der Waals surface area contributed by atoms with Crippen molar-refractivity contribution in [2.45, 2.75) is 71.7 Å². The lowest BCUT2D eigenvalue weighted by atomic mass is 9.41. The van der Waals surface area contributed by atoms with Crippen molar-refractivity contribution in [3.63, 3.8) is 0 Å². The summed E-state index contributed by atoms with van der Waals surface area (Å²) in [6.07, 6.45) is 5.64. The Bertz CT molecular complexity index is 1180. The number of ketones is 1. The van der Waals surface area contributed by atoms with Gasteiger partial charge in [0.1, 0.15) is 12.2 Å². The van der Waals surface area contributed by atoms with Gasteiger partial charge in [-0.05, 0) is 42.5 Å². The lowest BCUT2D eigenvalue weighted by molar-refractivity contribution is -0.226. The van der Waals surface area contributed by atoms with Crippen molar-refractivity contribution in [1.29, 1.82) is 0 Å². The first kappa shape index (κ1) is 25.9. The van der Waals surface area contributed by atoms with Gasteiger partial charge in [-0.3, -0.25) is 14.4 Å². The van der Waals surface area contributed by atoms with Gasteiger partial charge < -0.3 is 23.7 Å². The van der Waals surface area contributed by atoms with E-state index < -0.39 is 52.2 Å². The number of methoxy groups -OCH3 is 1. The molecule has 8 nitrogen and oxygen atoms in total. The quantitative estimate of drug-likeness (QED) is 0.469. The number of hydrogen-bond donors (Lipinski definition) is 1. The van der Waals surface area contributed by atoms with Crippen LogP contribution in [0.25, 0.3) is 0 Å². The van der Waals surface area contributed by atoms with Gasteiger partial charge in [-0.1, -0.05) is 32.4 Å². The van der Waals surface area contributed by atoms with Crippen molar-refractivity contribution in [1.82, 2.24) is 0 Å². The summed E-state index contributed by atoms with van der Waals surface area (Å²) in [5.41, 5.74) is 0.423. The van der Waals surface area contributed by atoms with Gasteiger partial charge in [0.15, 0.2) is 5.78 Å². The van der Waals surface area contributed by atoms with Crippen LogP contribution in [-0.4, -0.2) is 54.9 Å². The molecule has 1 saturated heterocycles. The van der Waals surface area contributed by atoms with Crippen LogP contribution in [0.1, 0.15) is 58.9 Å². The predicted octanol–water partition coefficient (Wildman–Crippen LogP) is 3.74. The lowest BCUT2D eigenvalue weighted by Crippen LogP contribution is -2.69. The average Bonchev–Trinajstić information content (AvgIpc) is 3.56. The maximum absolute atomic E-state index is 13.9. The normalized spacial score (nSPS) is 42.3. The zero-order chi connectivity index (χ0) is 26.9. The molecule has 8 heteroatoms. The molecule has 1 aromatic heterocycles. The van der Waals surface area contributed by atoms with Crippen molar-refractivity contribution in [3.8, 4) is 0 Å². The summed E-state index contributed by atoms with van der Waals surface area (Å²) in [6, 6.07) is 1.95. The van der Waals surface area contributed by atoms with E-state index in [1.807, 2.05) is 26.8 Å². The minimum absolute atomic E-state index is 0.00633. The number of hydrogen-bond acceptors (Lipinski definition) is 8. The summed E-state index contributed by atoms with van der Waals surface area (Å²) in [6.45, 7) is 8.94. The van der Waals surface area contributed by atoms with E-state index in [-0.39, 0.29) is 30.8 Å². The summed E-state index contributed by atoms with van der Waals surface area (Å²) in [7, 11) is 1.34. The van der Waals surface area contributed by atoms with Gasteiger partial charge in [-0.15, -0.1) is 0 Å². The smallest absolute Gasteiger partial charge is 0.305 e.